The Morgan fingerprint density at radius 1 is 1.14 bits per heavy atom. The molecule has 0 saturated carbocycles. The van der Waals surface area contributed by atoms with Crippen molar-refractivity contribution in [1.29, 1.82) is 0 Å². The van der Waals surface area contributed by atoms with Crippen LogP contribution in [-0.4, -0.2) is 11.0 Å². The Kier molecular flexibility index (Phi) is 4.21. The smallest absolute Gasteiger partial charge is 0.0359 e. The van der Waals surface area contributed by atoms with E-state index in [1.54, 1.807) is 0 Å². The molecule has 0 amide bonds. The van der Waals surface area contributed by atoms with Gasteiger partial charge in [0.15, 0.2) is 0 Å². The first-order valence-electron chi connectivity index (χ1n) is 5.48. The molecular weight excluding hydrogens is 172 g/mol. The monoisotopic (exact) mass is 194 g/mol. The van der Waals surface area contributed by atoms with Crippen LogP contribution in [0.15, 0.2) is 12.1 Å². The molecule has 2 nitrogen and oxygen atoms in total. The summed E-state index contributed by atoms with van der Waals surface area (Å²) in [5.41, 5.74) is 2.63. The Morgan fingerprint density at radius 3 is 2.36 bits per heavy atom. The minimum Gasteiger partial charge on any atom is -0.361 e. The zero-order valence-corrected chi connectivity index (χ0v) is 9.72. The highest BCUT2D eigenvalue weighted by Crippen LogP contribution is 2.08. The van der Waals surface area contributed by atoms with Crippen LogP contribution < -0.4 is 5.32 Å². The predicted molar refractivity (Wildman–Crippen MR) is 61.3 cm³/mol. The number of hydrogen-bond acceptors (Lipinski definition) is 1. The van der Waals surface area contributed by atoms with E-state index >= 15 is 0 Å². The number of aromatic amines is 1. The van der Waals surface area contributed by atoms with Crippen LogP contribution >= 0.6 is 0 Å². The van der Waals surface area contributed by atoms with Gasteiger partial charge >= 0.3 is 0 Å². The molecule has 2 heteroatoms. The number of H-pyrrole nitrogens is 1. The van der Waals surface area contributed by atoms with Crippen LogP contribution in [0.2, 0.25) is 0 Å². The lowest BCUT2D eigenvalue weighted by Gasteiger charge is -2.06. The molecule has 0 bridgehead atoms. The van der Waals surface area contributed by atoms with Gasteiger partial charge in [0.25, 0.3) is 0 Å². The maximum Gasteiger partial charge on any atom is 0.0359 e. The molecule has 1 rings (SSSR count). The van der Waals surface area contributed by atoms with Gasteiger partial charge in [0, 0.05) is 24.0 Å². The van der Waals surface area contributed by atoms with E-state index in [1.165, 1.54) is 11.4 Å². The van der Waals surface area contributed by atoms with Gasteiger partial charge in [-0.2, -0.15) is 0 Å². The molecule has 1 aromatic heterocycles. The highest BCUT2D eigenvalue weighted by atomic mass is 14.9. The van der Waals surface area contributed by atoms with E-state index in [0.717, 1.165) is 18.9 Å². The molecule has 0 radical (unpaired) electrons. The van der Waals surface area contributed by atoms with Crippen LogP contribution in [0.3, 0.4) is 0 Å². The summed E-state index contributed by atoms with van der Waals surface area (Å²) in [6.45, 7) is 9.76. The van der Waals surface area contributed by atoms with E-state index in [9.17, 15) is 0 Å². The Bertz CT molecular complexity index is 261. The summed E-state index contributed by atoms with van der Waals surface area (Å²) in [7, 11) is 0. The number of nitrogens with one attached hydrogen (secondary N) is 2. The molecule has 1 aromatic rings. The highest BCUT2D eigenvalue weighted by Gasteiger charge is 2.01. The van der Waals surface area contributed by atoms with E-state index in [-0.39, 0.29) is 0 Å². The summed E-state index contributed by atoms with van der Waals surface area (Å²) in [6.07, 6.45) is 1.14. The van der Waals surface area contributed by atoms with Crippen molar-refractivity contribution < 1.29 is 0 Å². The largest absolute Gasteiger partial charge is 0.361 e. The van der Waals surface area contributed by atoms with Gasteiger partial charge in [-0.3, -0.25) is 0 Å². The molecule has 14 heavy (non-hydrogen) atoms. The van der Waals surface area contributed by atoms with E-state index in [4.69, 9.17) is 0 Å². The molecule has 0 spiro atoms. The fourth-order valence-electron chi connectivity index (χ4n) is 1.47. The van der Waals surface area contributed by atoms with Crippen LogP contribution in [-0.2, 0) is 13.0 Å². The molecule has 0 aliphatic carbocycles. The first kappa shape index (κ1) is 11.3. The number of aromatic nitrogens is 1. The first-order chi connectivity index (χ1) is 6.58. The van der Waals surface area contributed by atoms with Crippen LogP contribution in [0.5, 0.6) is 0 Å². The van der Waals surface area contributed by atoms with Crippen LogP contribution in [0, 0.1) is 5.92 Å². The molecule has 0 fully saturated rings. The minimum absolute atomic E-state index is 0.548. The standard InChI is InChI=1S/C12H22N2/c1-9(2)7-11-5-6-12(14-11)8-13-10(3)4/h5-6,9-10,13-14H,7-8H2,1-4H3. The van der Waals surface area contributed by atoms with E-state index in [2.05, 4.69) is 50.1 Å². The summed E-state index contributed by atoms with van der Waals surface area (Å²) < 4.78 is 0. The second-order valence-electron chi connectivity index (χ2n) is 4.64. The average molecular weight is 194 g/mol. The Hall–Kier alpha value is -0.760. The van der Waals surface area contributed by atoms with Gasteiger partial charge in [0.2, 0.25) is 0 Å². The second kappa shape index (κ2) is 5.20. The normalized spacial score (nSPS) is 11.6. The third-order valence-corrected chi connectivity index (χ3v) is 2.14. The third-order valence-electron chi connectivity index (χ3n) is 2.14. The highest BCUT2D eigenvalue weighted by molar-refractivity contribution is 5.13. The summed E-state index contributed by atoms with van der Waals surface area (Å²) in [6, 6.07) is 4.91. The van der Waals surface area contributed by atoms with Crippen molar-refractivity contribution >= 4 is 0 Å². The van der Waals surface area contributed by atoms with Crippen molar-refractivity contribution in [3.63, 3.8) is 0 Å². The van der Waals surface area contributed by atoms with Crippen molar-refractivity contribution in [1.82, 2.24) is 10.3 Å². The van der Waals surface area contributed by atoms with E-state index in [0.29, 0.717) is 6.04 Å². The molecule has 1 heterocycles. The topological polar surface area (TPSA) is 27.8 Å². The van der Waals surface area contributed by atoms with E-state index < -0.39 is 0 Å². The molecule has 0 unspecified atom stereocenters. The maximum absolute atomic E-state index is 3.44. The number of hydrogen-bond donors (Lipinski definition) is 2. The Labute approximate surface area is 87.1 Å². The summed E-state index contributed by atoms with van der Waals surface area (Å²) in [5, 5.41) is 3.40. The molecule has 80 valence electrons. The van der Waals surface area contributed by atoms with Crippen molar-refractivity contribution in [3.8, 4) is 0 Å². The van der Waals surface area contributed by atoms with Gasteiger partial charge in [0.1, 0.15) is 0 Å². The summed E-state index contributed by atoms with van der Waals surface area (Å²) in [4.78, 5) is 3.44. The van der Waals surface area contributed by atoms with Crippen molar-refractivity contribution in [2.45, 2.75) is 46.7 Å². The Morgan fingerprint density at radius 2 is 1.79 bits per heavy atom. The molecule has 0 aromatic carbocycles. The zero-order chi connectivity index (χ0) is 10.6. The van der Waals surface area contributed by atoms with Gasteiger partial charge in [-0.15, -0.1) is 0 Å². The van der Waals surface area contributed by atoms with Crippen LogP contribution in [0.4, 0.5) is 0 Å². The zero-order valence-electron chi connectivity index (χ0n) is 9.72. The fourth-order valence-corrected chi connectivity index (χ4v) is 1.47. The second-order valence-corrected chi connectivity index (χ2v) is 4.64. The van der Waals surface area contributed by atoms with Gasteiger partial charge in [-0.25, -0.2) is 0 Å². The lowest BCUT2D eigenvalue weighted by Crippen LogP contribution is -2.21. The maximum atomic E-state index is 3.44. The van der Waals surface area contributed by atoms with Gasteiger partial charge in [-0.05, 0) is 24.5 Å². The average Bonchev–Trinajstić information content (AvgIpc) is 2.47. The summed E-state index contributed by atoms with van der Waals surface area (Å²) >= 11 is 0. The molecular formula is C12H22N2. The van der Waals surface area contributed by atoms with Crippen molar-refractivity contribution in [2.24, 2.45) is 5.92 Å². The number of rotatable bonds is 5. The Balaban J connectivity index is 2.42. The fraction of sp³-hybridized carbons (Fsp3) is 0.667. The van der Waals surface area contributed by atoms with Gasteiger partial charge in [-0.1, -0.05) is 27.7 Å². The van der Waals surface area contributed by atoms with Gasteiger partial charge < -0.3 is 10.3 Å². The minimum atomic E-state index is 0.548. The quantitative estimate of drug-likeness (QED) is 0.741. The van der Waals surface area contributed by atoms with Crippen molar-refractivity contribution in [2.75, 3.05) is 0 Å². The van der Waals surface area contributed by atoms with Crippen LogP contribution in [0.25, 0.3) is 0 Å². The lowest BCUT2D eigenvalue weighted by molar-refractivity contribution is 0.580. The van der Waals surface area contributed by atoms with Crippen molar-refractivity contribution in [3.05, 3.63) is 23.5 Å². The molecule has 0 atom stereocenters. The predicted octanol–water partition coefficient (Wildman–Crippen LogP) is 2.71. The third kappa shape index (κ3) is 3.97. The van der Waals surface area contributed by atoms with Gasteiger partial charge in [0.05, 0.1) is 0 Å². The lowest BCUT2D eigenvalue weighted by atomic mass is 10.1. The molecule has 0 saturated heterocycles. The molecule has 0 aliphatic heterocycles. The SMILES string of the molecule is CC(C)Cc1ccc(CNC(C)C)[nH]1. The molecule has 0 aliphatic rings. The van der Waals surface area contributed by atoms with Crippen LogP contribution in [0.1, 0.15) is 39.1 Å². The summed E-state index contributed by atoms with van der Waals surface area (Å²) in [5.74, 6) is 0.722. The van der Waals surface area contributed by atoms with E-state index in [1.807, 2.05) is 0 Å². The first-order valence-corrected chi connectivity index (χ1v) is 5.48. The molecule has 2 N–H and O–H groups in total.